The topological polar surface area (TPSA) is 72.3 Å². The third-order valence-electron chi connectivity index (χ3n) is 6.60. The second kappa shape index (κ2) is 10.2. The lowest BCUT2D eigenvalue weighted by atomic mass is 9.88. The summed E-state index contributed by atoms with van der Waals surface area (Å²) in [6.45, 7) is 6.91. The van der Waals surface area contributed by atoms with Crippen LogP contribution in [0.2, 0.25) is 0 Å². The maximum Gasteiger partial charge on any atom is 0.233 e. The minimum atomic E-state index is -0.307. The van der Waals surface area contributed by atoms with Gasteiger partial charge in [0.1, 0.15) is 0 Å². The maximum atomic E-state index is 13.2. The molecule has 2 atom stereocenters. The van der Waals surface area contributed by atoms with Crippen molar-refractivity contribution in [2.75, 3.05) is 31.2 Å². The van der Waals surface area contributed by atoms with E-state index < -0.39 is 0 Å². The van der Waals surface area contributed by atoms with Crippen LogP contribution in [0.3, 0.4) is 0 Å². The second-order valence-electron chi connectivity index (χ2n) is 8.92. The normalized spacial score (nSPS) is 18.9. The Morgan fingerprint density at radius 1 is 1.12 bits per heavy atom. The van der Waals surface area contributed by atoms with Crippen molar-refractivity contribution in [3.05, 3.63) is 65.2 Å². The summed E-state index contributed by atoms with van der Waals surface area (Å²) in [7, 11) is 0. The van der Waals surface area contributed by atoms with Crippen molar-refractivity contribution < 1.29 is 9.53 Å². The van der Waals surface area contributed by atoms with Gasteiger partial charge in [-0.15, -0.1) is 10.2 Å². The number of rotatable bonds is 6. The van der Waals surface area contributed by atoms with Gasteiger partial charge < -0.3 is 15.0 Å². The van der Waals surface area contributed by atoms with Gasteiger partial charge in [-0.05, 0) is 55.9 Å². The highest BCUT2D eigenvalue weighted by atomic mass is 32.2. The lowest BCUT2D eigenvalue weighted by molar-refractivity contribution is -0.121. The van der Waals surface area contributed by atoms with E-state index in [1.807, 2.05) is 19.1 Å². The Morgan fingerprint density at radius 2 is 1.88 bits per heavy atom. The first kappa shape index (κ1) is 22.9. The minimum Gasteiger partial charge on any atom is -0.378 e. The molecule has 1 saturated heterocycles. The van der Waals surface area contributed by atoms with Gasteiger partial charge in [-0.3, -0.25) is 9.36 Å². The molecule has 1 aliphatic carbocycles. The van der Waals surface area contributed by atoms with E-state index in [0.717, 1.165) is 54.7 Å². The zero-order valence-electron chi connectivity index (χ0n) is 19.7. The summed E-state index contributed by atoms with van der Waals surface area (Å²) in [6, 6.07) is 16.7. The summed E-state index contributed by atoms with van der Waals surface area (Å²) in [5.74, 6) is 0.827. The van der Waals surface area contributed by atoms with Gasteiger partial charge in [0.15, 0.2) is 5.16 Å². The summed E-state index contributed by atoms with van der Waals surface area (Å²) in [5.41, 5.74) is 4.76. The Hall–Kier alpha value is -2.84. The van der Waals surface area contributed by atoms with Gasteiger partial charge in [-0.1, -0.05) is 54.2 Å². The summed E-state index contributed by atoms with van der Waals surface area (Å²) in [5, 5.41) is 12.8. The fraction of sp³-hybridized carbons (Fsp3) is 0.423. The van der Waals surface area contributed by atoms with Crippen LogP contribution in [0.5, 0.6) is 0 Å². The molecule has 7 nitrogen and oxygen atoms in total. The van der Waals surface area contributed by atoms with Gasteiger partial charge in [0.05, 0.1) is 30.2 Å². The molecule has 0 saturated carbocycles. The Morgan fingerprint density at radius 3 is 2.71 bits per heavy atom. The molecule has 3 aromatic rings. The first-order chi connectivity index (χ1) is 16.6. The number of carbonyl (C=O) groups is 1. The van der Waals surface area contributed by atoms with Crippen molar-refractivity contribution in [3.8, 4) is 5.69 Å². The number of carbonyl (C=O) groups excluding carboxylic acids is 1. The first-order valence-electron chi connectivity index (χ1n) is 12.0. The van der Waals surface area contributed by atoms with Gasteiger partial charge >= 0.3 is 0 Å². The lowest BCUT2D eigenvalue weighted by Crippen LogP contribution is -2.38. The predicted molar refractivity (Wildman–Crippen MR) is 135 cm³/mol. The summed E-state index contributed by atoms with van der Waals surface area (Å²) < 4.78 is 7.62. The zero-order valence-corrected chi connectivity index (χ0v) is 20.6. The highest BCUT2D eigenvalue weighted by Crippen LogP contribution is 2.33. The van der Waals surface area contributed by atoms with Crippen LogP contribution in [0.15, 0.2) is 53.7 Å². The average Bonchev–Trinajstić information content (AvgIpc) is 3.28. The largest absolute Gasteiger partial charge is 0.378 e. The van der Waals surface area contributed by atoms with E-state index >= 15 is 0 Å². The van der Waals surface area contributed by atoms with Gasteiger partial charge in [-0.2, -0.15) is 0 Å². The second-order valence-corrected chi connectivity index (χ2v) is 10.2. The Bertz CT molecular complexity index is 1160. The van der Waals surface area contributed by atoms with Gasteiger partial charge in [0.25, 0.3) is 0 Å². The summed E-state index contributed by atoms with van der Waals surface area (Å²) >= 11 is 1.46. The molecule has 0 radical (unpaired) electrons. The quantitative estimate of drug-likeness (QED) is 0.539. The molecule has 1 aromatic heterocycles. The number of ether oxygens (including phenoxy) is 1. The van der Waals surface area contributed by atoms with Crippen LogP contribution >= 0.6 is 11.8 Å². The maximum absolute atomic E-state index is 13.2. The molecule has 5 rings (SSSR count). The Balaban J connectivity index is 1.38. The molecule has 2 aliphatic rings. The van der Waals surface area contributed by atoms with Crippen LogP contribution in [0.25, 0.3) is 5.69 Å². The highest BCUT2D eigenvalue weighted by Gasteiger charge is 2.28. The molecule has 2 heterocycles. The van der Waals surface area contributed by atoms with Crippen molar-refractivity contribution in [2.24, 2.45) is 0 Å². The molecule has 1 fully saturated rings. The third kappa shape index (κ3) is 4.70. The third-order valence-corrected chi connectivity index (χ3v) is 7.65. The van der Waals surface area contributed by atoms with Crippen LogP contribution in [-0.2, 0) is 16.0 Å². The number of aryl methyl sites for hydroxylation is 2. The van der Waals surface area contributed by atoms with Crippen molar-refractivity contribution >= 4 is 23.6 Å². The predicted octanol–water partition coefficient (Wildman–Crippen LogP) is 4.09. The van der Waals surface area contributed by atoms with E-state index in [-0.39, 0.29) is 17.2 Å². The molecule has 1 aliphatic heterocycles. The first-order valence-corrected chi connectivity index (χ1v) is 12.9. The molecular weight excluding hydrogens is 446 g/mol. The van der Waals surface area contributed by atoms with Gasteiger partial charge in [-0.25, -0.2) is 0 Å². The highest BCUT2D eigenvalue weighted by molar-refractivity contribution is 8.00. The van der Waals surface area contributed by atoms with E-state index in [9.17, 15) is 4.79 Å². The van der Waals surface area contributed by atoms with E-state index in [0.29, 0.717) is 13.2 Å². The Kier molecular flexibility index (Phi) is 6.87. The number of benzene rings is 2. The number of para-hydroxylation sites is 1. The van der Waals surface area contributed by atoms with Crippen molar-refractivity contribution in [3.63, 3.8) is 0 Å². The number of morpholine rings is 1. The van der Waals surface area contributed by atoms with Crippen LogP contribution in [0.1, 0.15) is 42.5 Å². The molecule has 2 aromatic carbocycles. The van der Waals surface area contributed by atoms with Crippen LogP contribution in [-0.4, -0.2) is 52.2 Å². The number of hydrogen-bond acceptors (Lipinski definition) is 6. The number of amides is 1. The molecule has 8 heteroatoms. The minimum absolute atomic E-state index is 0.0268. The summed E-state index contributed by atoms with van der Waals surface area (Å²) in [4.78, 5) is 15.4. The molecule has 34 heavy (non-hydrogen) atoms. The average molecular weight is 478 g/mol. The van der Waals surface area contributed by atoms with Crippen LogP contribution in [0, 0.1) is 6.92 Å². The number of nitrogens with zero attached hydrogens (tertiary/aromatic N) is 4. The fourth-order valence-corrected chi connectivity index (χ4v) is 5.60. The smallest absolute Gasteiger partial charge is 0.233 e. The monoisotopic (exact) mass is 477 g/mol. The molecule has 178 valence electrons. The van der Waals surface area contributed by atoms with Crippen LogP contribution < -0.4 is 10.2 Å². The number of thioether (sulfide) groups is 1. The van der Waals surface area contributed by atoms with E-state index in [1.165, 1.54) is 22.9 Å². The zero-order chi connectivity index (χ0) is 23.5. The lowest BCUT2D eigenvalue weighted by Gasteiger charge is -2.28. The van der Waals surface area contributed by atoms with Crippen molar-refractivity contribution in [2.45, 2.75) is 49.6 Å². The fourth-order valence-electron chi connectivity index (χ4n) is 4.74. The van der Waals surface area contributed by atoms with E-state index in [2.05, 4.69) is 68.3 Å². The number of aromatic nitrogens is 3. The van der Waals surface area contributed by atoms with Crippen molar-refractivity contribution in [1.29, 1.82) is 0 Å². The van der Waals surface area contributed by atoms with E-state index in [1.54, 1.807) is 0 Å². The Labute approximate surface area is 204 Å². The number of fused-ring (bicyclic) bond motifs is 1. The summed E-state index contributed by atoms with van der Waals surface area (Å²) in [6.07, 6.45) is 3.14. The van der Waals surface area contributed by atoms with Crippen LogP contribution in [0.4, 0.5) is 5.95 Å². The molecule has 1 N–H and O–H groups in total. The standard InChI is InChI=1S/C26H31N5O2S/c1-18-8-3-6-13-23(18)31-25(30-14-16-33-17-15-30)28-29-26(31)34-19(2)24(32)27-22-12-7-10-20-9-4-5-11-21(20)22/h3-6,8-9,11,13,19,22H,7,10,12,14-17H2,1-2H3,(H,27,32)/t19-,22-/m0/s1. The number of nitrogens with one attached hydrogen (secondary N) is 1. The molecule has 0 bridgehead atoms. The van der Waals surface area contributed by atoms with E-state index in [4.69, 9.17) is 4.74 Å². The van der Waals surface area contributed by atoms with Gasteiger partial charge in [0.2, 0.25) is 11.9 Å². The number of hydrogen-bond donors (Lipinski definition) is 1. The van der Waals surface area contributed by atoms with Crippen molar-refractivity contribution in [1.82, 2.24) is 20.1 Å². The van der Waals surface area contributed by atoms with Gasteiger partial charge in [0, 0.05) is 13.1 Å². The SMILES string of the molecule is Cc1ccccc1-n1c(S[C@@H](C)C(=O)N[C@H]2CCCc3ccccc32)nnc1N1CCOCC1. The molecular formula is C26H31N5O2S. The molecule has 1 amide bonds. The molecule has 0 spiro atoms. The number of anilines is 1. The molecule has 0 unspecified atom stereocenters.